The fraction of sp³-hybridized carbons (Fsp3) is 0.290. The number of ether oxygens (including phenoxy) is 1. The summed E-state index contributed by atoms with van der Waals surface area (Å²) in [5.74, 6) is 3.98. The number of anilines is 1. The summed E-state index contributed by atoms with van der Waals surface area (Å²) in [6.45, 7) is 4.88. The number of carbonyl (C=O) groups is 1. The smallest absolute Gasteiger partial charge is 0.254 e. The monoisotopic (exact) mass is 532 g/mol. The number of nitriles is 1. The lowest BCUT2D eigenvalue weighted by Crippen LogP contribution is -2.70. The molecule has 200 valence electrons. The first-order chi connectivity index (χ1) is 19.2. The first-order valence-corrected chi connectivity index (χ1v) is 13.1. The number of terminal acetylenes is 1. The molecule has 6 heterocycles. The number of piperidine rings is 1. The molecule has 4 aromatic rings. The van der Waals surface area contributed by atoms with Gasteiger partial charge in [-0.2, -0.15) is 10.4 Å². The van der Waals surface area contributed by atoms with Crippen LogP contribution in [0.4, 0.5) is 5.82 Å². The van der Waals surface area contributed by atoms with Gasteiger partial charge in [-0.15, -0.1) is 6.42 Å². The largest absolute Gasteiger partial charge is 0.489 e. The molecule has 0 saturated carbocycles. The normalized spacial score (nSPS) is 18.1. The highest BCUT2D eigenvalue weighted by molar-refractivity contribution is 5.95. The molecule has 1 N–H and O–H groups in total. The van der Waals surface area contributed by atoms with E-state index in [4.69, 9.17) is 16.1 Å². The summed E-state index contributed by atoms with van der Waals surface area (Å²) in [7, 11) is 0. The van der Waals surface area contributed by atoms with Gasteiger partial charge in [0.15, 0.2) is 0 Å². The van der Waals surface area contributed by atoms with Crippen LogP contribution in [0.1, 0.15) is 41.8 Å². The summed E-state index contributed by atoms with van der Waals surface area (Å²) in [5, 5.41) is 24.1. The van der Waals surface area contributed by atoms with Crippen molar-refractivity contribution >= 4 is 17.2 Å². The lowest BCUT2D eigenvalue weighted by Gasteiger charge is -2.56. The maximum atomic E-state index is 13.1. The fourth-order valence-corrected chi connectivity index (χ4v) is 5.46. The van der Waals surface area contributed by atoms with Gasteiger partial charge in [0.1, 0.15) is 24.2 Å². The minimum Gasteiger partial charge on any atom is -0.489 e. The zero-order chi connectivity index (χ0) is 28.0. The predicted octanol–water partition coefficient (Wildman–Crippen LogP) is 3.50. The van der Waals surface area contributed by atoms with Gasteiger partial charge in [0.25, 0.3) is 5.91 Å². The number of amides is 1. The molecular formula is C31H28N6O3. The van der Waals surface area contributed by atoms with E-state index in [2.05, 4.69) is 22.0 Å². The minimum atomic E-state index is -0.998. The van der Waals surface area contributed by atoms with E-state index in [1.54, 1.807) is 55.0 Å². The summed E-state index contributed by atoms with van der Waals surface area (Å²) in [5.41, 5.74) is 3.10. The van der Waals surface area contributed by atoms with Crippen LogP contribution in [0.5, 0.6) is 5.75 Å². The van der Waals surface area contributed by atoms with E-state index < -0.39 is 5.60 Å². The zero-order valence-electron chi connectivity index (χ0n) is 22.3. The molecule has 0 spiro atoms. The number of hydrogen-bond donors (Lipinski definition) is 1. The van der Waals surface area contributed by atoms with Crippen LogP contribution < -0.4 is 9.64 Å². The molecular weight excluding hydrogens is 504 g/mol. The highest BCUT2D eigenvalue weighted by Crippen LogP contribution is 2.36. The summed E-state index contributed by atoms with van der Waals surface area (Å²) in [4.78, 5) is 22.1. The second-order valence-electron chi connectivity index (χ2n) is 10.9. The Morgan fingerprint density at radius 1 is 1.18 bits per heavy atom. The lowest BCUT2D eigenvalue weighted by atomic mass is 9.86. The number of nitrogens with zero attached hydrogens (tertiary/aromatic N) is 6. The zero-order valence-corrected chi connectivity index (χ0v) is 22.3. The van der Waals surface area contributed by atoms with Gasteiger partial charge in [-0.05, 0) is 62.7 Å². The maximum absolute atomic E-state index is 13.1. The molecule has 2 atom stereocenters. The average molecular weight is 533 g/mol. The predicted molar refractivity (Wildman–Crippen MR) is 150 cm³/mol. The Balaban J connectivity index is 1.21. The third-order valence-electron chi connectivity index (χ3n) is 7.41. The number of piperazine rings is 1. The van der Waals surface area contributed by atoms with Gasteiger partial charge >= 0.3 is 0 Å². The number of aliphatic hydroxyl groups is 1. The average Bonchev–Trinajstić information content (AvgIpc) is 3.38. The Morgan fingerprint density at radius 2 is 1.93 bits per heavy atom. The van der Waals surface area contributed by atoms with Crippen molar-refractivity contribution in [3.63, 3.8) is 0 Å². The summed E-state index contributed by atoms with van der Waals surface area (Å²) >= 11 is 0. The molecule has 0 radical (unpaired) electrons. The first kappa shape index (κ1) is 25.4. The molecule has 2 bridgehead atoms. The Labute approximate surface area is 232 Å². The molecule has 3 saturated heterocycles. The molecule has 2 unspecified atom stereocenters. The number of benzene rings is 1. The van der Waals surface area contributed by atoms with E-state index in [9.17, 15) is 15.2 Å². The van der Waals surface area contributed by atoms with Gasteiger partial charge in [-0.1, -0.05) is 5.92 Å². The third kappa shape index (κ3) is 4.61. The van der Waals surface area contributed by atoms with Gasteiger partial charge in [-0.25, -0.2) is 9.50 Å². The van der Waals surface area contributed by atoms with Crippen molar-refractivity contribution in [3.05, 3.63) is 77.7 Å². The SMILES string of the molecule is C#Cc1ccc(C(=O)N2C3CC2CN(c2ccc(-c4cc(OCC(C)(C)O)cn5ncc(C#N)c45)cn2)C3)cc1. The van der Waals surface area contributed by atoms with Crippen molar-refractivity contribution in [1.82, 2.24) is 19.5 Å². The van der Waals surface area contributed by atoms with Crippen LogP contribution in [0.15, 0.2) is 61.1 Å². The molecule has 7 rings (SSSR count). The standard InChI is InChI=1S/C31H28N6O3/c1-4-20-5-7-21(8-6-20)30(38)37-24-11-25(37)17-35(16-24)28-10-9-22(14-33-28)27-12-26(40-19-31(2,3)39)18-36-29(27)23(13-32)15-34-36/h1,5-10,12,14-15,18,24-25,39H,11,16-17,19H2,2-3H3. The van der Waals surface area contributed by atoms with E-state index in [-0.39, 0.29) is 24.6 Å². The number of carbonyl (C=O) groups excluding carboxylic acids is 1. The molecule has 0 aliphatic carbocycles. The second-order valence-corrected chi connectivity index (χ2v) is 10.9. The van der Waals surface area contributed by atoms with Crippen LogP contribution in [-0.4, -0.2) is 67.9 Å². The van der Waals surface area contributed by atoms with E-state index in [0.717, 1.165) is 28.9 Å². The first-order valence-electron chi connectivity index (χ1n) is 13.1. The minimum absolute atomic E-state index is 0.0394. The number of aromatic nitrogens is 3. The maximum Gasteiger partial charge on any atom is 0.254 e. The third-order valence-corrected chi connectivity index (χ3v) is 7.41. The second kappa shape index (κ2) is 9.71. The Bertz CT molecular complexity index is 1660. The molecule has 3 aromatic heterocycles. The van der Waals surface area contributed by atoms with Crippen molar-refractivity contribution in [2.75, 3.05) is 24.6 Å². The van der Waals surface area contributed by atoms with Crippen LogP contribution in [0.3, 0.4) is 0 Å². The van der Waals surface area contributed by atoms with Gasteiger partial charge in [-0.3, -0.25) is 4.79 Å². The number of pyridine rings is 2. The van der Waals surface area contributed by atoms with Crippen molar-refractivity contribution in [3.8, 4) is 35.3 Å². The topological polar surface area (TPSA) is 107 Å². The molecule has 3 aliphatic heterocycles. The molecule has 3 aliphatic rings. The van der Waals surface area contributed by atoms with Gasteiger partial charge in [0, 0.05) is 41.5 Å². The van der Waals surface area contributed by atoms with Crippen LogP contribution >= 0.6 is 0 Å². The van der Waals surface area contributed by atoms with E-state index in [0.29, 0.717) is 35.5 Å². The van der Waals surface area contributed by atoms with Crippen molar-refractivity contribution in [2.45, 2.75) is 38.0 Å². The molecule has 40 heavy (non-hydrogen) atoms. The van der Waals surface area contributed by atoms with Crippen LogP contribution in [-0.2, 0) is 0 Å². The van der Waals surface area contributed by atoms with E-state index >= 15 is 0 Å². The van der Waals surface area contributed by atoms with Crippen molar-refractivity contribution in [1.29, 1.82) is 5.26 Å². The highest BCUT2D eigenvalue weighted by Gasteiger charge is 2.47. The number of hydrogen-bond acceptors (Lipinski definition) is 7. The summed E-state index contributed by atoms with van der Waals surface area (Å²) < 4.78 is 7.45. The van der Waals surface area contributed by atoms with E-state index in [1.165, 1.54) is 6.20 Å². The fourth-order valence-electron chi connectivity index (χ4n) is 5.46. The Kier molecular flexibility index (Phi) is 6.17. The molecule has 9 heteroatoms. The summed E-state index contributed by atoms with van der Waals surface area (Å²) in [6.07, 6.45) is 11.4. The van der Waals surface area contributed by atoms with E-state index in [1.807, 2.05) is 23.1 Å². The Morgan fingerprint density at radius 3 is 2.55 bits per heavy atom. The molecule has 3 fully saturated rings. The van der Waals surface area contributed by atoms with Crippen molar-refractivity contribution < 1.29 is 14.6 Å². The van der Waals surface area contributed by atoms with Gasteiger partial charge in [0.05, 0.1) is 41.2 Å². The molecule has 1 amide bonds. The van der Waals surface area contributed by atoms with Gasteiger partial charge < -0.3 is 19.6 Å². The van der Waals surface area contributed by atoms with Crippen LogP contribution in [0, 0.1) is 23.7 Å². The molecule has 9 nitrogen and oxygen atoms in total. The van der Waals surface area contributed by atoms with Gasteiger partial charge in [0.2, 0.25) is 0 Å². The molecule has 1 aromatic carbocycles. The number of rotatable bonds is 6. The van der Waals surface area contributed by atoms with Crippen molar-refractivity contribution in [2.24, 2.45) is 0 Å². The highest BCUT2D eigenvalue weighted by atomic mass is 16.5. The number of fused-ring (bicyclic) bond motifs is 3. The lowest BCUT2D eigenvalue weighted by molar-refractivity contribution is 0.00576. The van der Waals surface area contributed by atoms with Crippen LogP contribution in [0.25, 0.3) is 16.6 Å². The Hall–Kier alpha value is -4.86. The summed E-state index contributed by atoms with van der Waals surface area (Å²) in [6, 6.07) is 15.4. The quantitative estimate of drug-likeness (QED) is 0.379. The van der Waals surface area contributed by atoms with Crippen LogP contribution in [0.2, 0.25) is 0 Å².